The normalized spacial score (nSPS) is 15.6. The summed E-state index contributed by atoms with van der Waals surface area (Å²) >= 11 is 0. The molecule has 1 aromatic carbocycles. The molecule has 20 heavy (non-hydrogen) atoms. The number of methoxy groups -OCH3 is 1. The molecule has 3 rings (SSSR count). The Kier molecular flexibility index (Phi) is 3.31. The van der Waals surface area contributed by atoms with E-state index in [4.69, 9.17) is 9.47 Å². The van der Waals surface area contributed by atoms with Crippen molar-refractivity contribution in [2.24, 2.45) is 7.05 Å². The summed E-state index contributed by atoms with van der Waals surface area (Å²) in [5.41, 5.74) is 2.38. The Morgan fingerprint density at radius 3 is 2.75 bits per heavy atom. The minimum atomic E-state index is -0.144. The van der Waals surface area contributed by atoms with Gasteiger partial charge < -0.3 is 18.9 Å². The van der Waals surface area contributed by atoms with Gasteiger partial charge in [0.2, 0.25) is 0 Å². The highest BCUT2D eigenvalue weighted by Gasteiger charge is 2.16. The van der Waals surface area contributed by atoms with Gasteiger partial charge in [-0.1, -0.05) is 0 Å². The van der Waals surface area contributed by atoms with E-state index in [1.807, 2.05) is 12.1 Å². The number of aromatic nitrogens is 2. The van der Waals surface area contributed by atoms with Crippen LogP contribution in [0, 0.1) is 0 Å². The quantitative estimate of drug-likeness (QED) is 0.810. The van der Waals surface area contributed by atoms with E-state index in [-0.39, 0.29) is 5.56 Å². The van der Waals surface area contributed by atoms with Crippen LogP contribution in [0.2, 0.25) is 0 Å². The Morgan fingerprint density at radius 2 is 2.05 bits per heavy atom. The van der Waals surface area contributed by atoms with E-state index < -0.39 is 0 Å². The van der Waals surface area contributed by atoms with Crippen LogP contribution >= 0.6 is 0 Å². The SMILES string of the molecule is COc1cc(N2CCOCC2)cc2ncc(=O)n(C)c12. The van der Waals surface area contributed by atoms with Crippen LogP contribution in [-0.4, -0.2) is 43.0 Å². The van der Waals surface area contributed by atoms with Crippen molar-refractivity contribution in [2.75, 3.05) is 38.3 Å². The molecule has 0 atom stereocenters. The van der Waals surface area contributed by atoms with Crippen molar-refractivity contribution in [1.82, 2.24) is 9.55 Å². The van der Waals surface area contributed by atoms with Crippen molar-refractivity contribution in [3.05, 3.63) is 28.7 Å². The highest BCUT2D eigenvalue weighted by Crippen LogP contribution is 2.29. The van der Waals surface area contributed by atoms with E-state index in [0.717, 1.165) is 43.0 Å². The lowest BCUT2D eigenvalue weighted by Crippen LogP contribution is -2.36. The van der Waals surface area contributed by atoms with Crippen LogP contribution in [0.15, 0.2) is 23.1 Å². The Labute approximate surface area is 116 Å². The fraction of sp³-hybridized carbons (Fsp3) is 0.429. The standard InChI is InChI=1S/C14H17N3O3/c1-16-13(18)9-15-11-7-10(8-12(19-2)14(11)16)17-3-5-20-6-4-17/h7-9H,3-6H2,1-2H3. The number of anilines is 1. The predicted molar refractivity (Wildman–Crippen MR) is 76.6 cm³/mol. The number of hydrogen-bond donors (Lipinski definition) is 0. The van der Waals surface area contributed by atoms with Gasteiger partial charge in [0.25, 0.3) is 5.56 Å². The predicted octanol–water partition coefficient (Wildman–Crippen LogP) is 0.779. The lowest BCUT2D eigenvalue weighted by molar-refractivity contribution is 0.122. The minimum Gasteiger partial charge on any atom is -0.494 e. The van der Waals surface area contributed by atoms with Gasteiger partial charge in [-0.3, -0.25) is 4.79 Å². The van der Waals surface area contributed by atoms with Gasteiger partial charge in [-0.25, -0.2) is 4.98 Å². The molecule has 1 aliphatic heterocycles. The summed E-state index contributed by atoms with van der Waals surface area (Å²) in [4.78, 5) is 18.2. The maximum Gasteiger partial charge on any atom is 0.269 e. The first-order valence-corrected chi connectivity index (χ1v) is 6.57. The largest absolute Gasteiger partial charge is 0.494 e. The molecule has 1 aliphatic rings. The Morgan fingerprint density at radius 1 is 1.30 bits per heavy atom. The number of benzene rings is 1. The van der Waals surface area contributed by atoms with Gasteiger partial charge >= 0.3 is 0 Å². The van der Waals surface area contributed by atoms with Crippen LogP contribution in [-0.2, 0) is 11.8 Å². The Hall–Kier alpha value is -2.08. The van der Waals surface area contributed by atoms with Crippen LogP contribution in [0.25, 0.3) is 11.0 Å². The summed E-state index contributed by atoms with van der Waals surface area (Å²) in [6, 6.07) is 3.94. The molecule has 0 saturated carbocycles. The number of rotatable bonds is 2. The van der Waals surface area contributed by atoms with Gasteiger partial charge in [0.1, 0.15) is 11.3 Å². The van der Waals surface area contributed by atoms with E-state index in [2.05, 4.69) is 9.88 Å². The van der Waals surface area contributed by atoms with E-state index in [0.29, 0.717) is 5.75 Å². The van der Waals surface area contributed by atoms with Crippen molar-refractivity contribution in [3.8, 4) is 5.75 Å². The topological polar surface area (TPSA) is 56.6 Å². The molecule has 0 spiro atoms. The van der Waals surface area contributed by atoms with E-state index in [1.54, 1.807) is 18.7 Å². The number of fused-ring (bicyclic) bond motifs is 1. The fourth-order valence-electron chi connectivity index (χ4n) is 2.50. The van der Waals surface area contributed by atoms with Crippen LogP contribution in [0.4, 0.5) is 5.69 Å². The van der Waals surface area contributed by atoms with Gasteiger partial charge in [-0.05, 0) is 6.07 Å². The lowest BCUT2D eigenvalue weighted by Gasteiger charge is -2.29. The van der Waals surface area contributed by atoms with Crippen LogP contribution in [0.5, 0.6) is 5.75 Å². The summed E-state index contributed by atoms with van der Waals surface area (Å²) in [5.74, 6) is 0.664. The molecule has 6 heteroatoms. The van der Waals surface area contributed by atoms with Crippen LogP contribution in [0.3, 0.4) is 0 Å². The second-order valence-corrected chi connectivity index (χ2v) is 4.77. The van der Waals surface area contributed by atoms with Crippen molar-refractivity contribution >= 4 is 16.7 Å². The van der Waals surface area contributed by atoms with Crippen molar-refractivity contribution in [2.45, 2.75) is 0 Å². The molecule has 0 bridgehead atoms. The third-order valence-corrected chi connectivity index (χ3v) is 3.62. The van der Waals surface area contributed by atoms with Crippen molar-refractivity contribution in [3.63, 3.8) is 0 Å². The molecule has 0 N–H and O–H groups in total. The first-order chi connectivity index (χ1) is 9.70. The van der Waals surface area contributed by atoms with Gasteiger partial charge in [0.15, 0.2) is 0 Å². The molecular formula is C14H17N3O3. The number of morpholine rings is 1. The number of nitrogens with zero attached hydrogens (tertiary/aromatic N) is 3. The zero-order valence-corrected chi connectivity index (χ0v) is 11.6. The summed E-state index contributed by atoms with van der Waals surface area (Å²) in [7, 11) is 3.33. The Balaban J connectivity index is 2.17. The molecular weight excluding hydrogens is 258 g/mol. The van der Waals surface area contributed by atoms with E-state index in [9.17, 15) is 4.79 Å². The zero-order valence-electron chi connectivity index (χ0n) is 11.6. The van der Waals surface area contributed by atoms with Gasteiger partial charge in [-0.15, -0.1) is 0 Å². The smallest absolute Gasteiger partial charge is 0.269 e. The molecule has 2 heterocycles. The second kappa shape index (κ2) is 5.13. The summed E-state index contributed by atoms with van der Waals surface area (Å²) in [6.45, 7) is 3.14. The zero-order chi connectivity index (χ0) is 14.1. The van der Waals surface area contributed by atoms with Crippen LogP contribution in [0.1, 0.15) is 0 Å². The molecule has 2 aromatic rings. The molecule has 1 saturated heterocycles. The number of hydrogen-bond acceptors (Lipinski definition) is 5. The first kappa shape index (κ1) is 12.9. The monoisotopic (exact) mass is 275 g/mol. The highest BCUT2D eigenvalue weighted by molar-refractivity contribution is 5.85. The lowest BCUT2D eigenvalue weighted by atomic mass is 10.2. The molecule has 0 unspecified atom stereocenters. The third-order valence-electron chi connectivity index (χ3n) is 3.62. The first-order valence-electron chi connectivity index (χ1n) is 6.57. The maximum absolute atomic E-state index is 11.7. The van der Waals surface area contributed by atoms with Crippen molar-refractivity contribution in [1.29, 1.82) is 0 Å². The maximum atomic E-state index is 11.7. The van der Waals surface area contributed by atoms with Crippen molar-refractivity contribution < 1.29 is 9.47 Å². The summed E-state index contributed by atoms with van der Waals surface area (Å²) in [6.07, 6.45) is 1.34. The molecule has 0 amide bonds. The summed E-state index contributed by atoms with van der Waals surface area (Å²) in [5, 5.41) is 0. The van der Waals surface area contributed by atoms with Crippen LogP contribution < -0.4 is 15.2 Å². The molecule has 6 nitrogen and oxygen atoms in total. The van der Waals surface area contributed by atoms with E-state index in [1.165, 1.54) is 6.20 Å². The van der Waals surface area contributed by atoms with Gasteiger partial charge in [-0.2, -0.15) is 0 Å². The minimum absolute atomic E-state index is 0.144. The molecule has 0 aliphatic carbocycles. The Bertz CT molecular complexity index is 690. The molecule has 0 radical (unpaired) electrons. The average molecular weight is 275 g/mol. The van der Waals surface area contributed by atoms with E-state index >= 15 is 0 Å². The number of aryl methyl sites for hydroxylation is 1. The average Bonchev–Trinajstić information content (AvgIpc) is 2.50. The molecule has 1 aromatic heterocycles. The third kappa shape index (κ3) is 2.12. The van der Waals surface area contributed by atoms with Gasteiger partial charge in [0, 0.05) is 31.9 Å². The summed E-state index contributed by atoms with van der Waals surface area (Å²) < 4.78 is 12.4. The highest BCUT2D eigenvalue weighted by atomic mass is 16.5. The number of ether oxygens (including phenoxy) is 2. The fourth-order valence-corrected chi connectivity index (χ4v) is 2.50. The van der Waals surface area contributed by atoms with Gasteiger partial charge in [0.05, 0.1) is 32.0 Å². The second-order valence-electron chi connectivity index (χ2n) is 4.77. The molecule has 1 fully saturated rings. The molecule has 106 valence electrons.